The van der Waals surface area contributed by atoms with E-state index in [0.717, 1.165) is 18.2 Å². The molecule has 0 saturated heterocycles. The zero-order valence-electron chi connectivity index (χ0n) is 18.9. The highest BCUT2D eigenvalue weighted by Crippen LogP contribution is 2.29. The molecule has 186 valence electrons. The van der Waals surface area contributed by atoms with Crippen molar-refractivity contribution < 1.29 is 22.7 Å². The van der Waals surface area contributed by atoms with Crippen LogP contribution in [0.5, 0.6) is 0 Å². The average Bonchev–Trinajstić information content (AvgIpc) is 2.81. The highest BCUT2D eigenvalue weighted by molar-refractivity contribution is 7.92. The fourth-order valence-electron chi connectivity index (χ4n) is 3.59. The van der Waals surface area contributed by atoms with Gasteiger partial charge < -0.3 is 5.11 Å². The number of carboxylic acids is 1. The van der Waals surface area contributed by atoms with Crippen molar-refractivity contribution in [3.05, 3.63) is 81.9 Å². The first-order valence-corrected chi connectivity index (χ1v) is 12.6. The zero-order valence-corrected chi connectivity index (χ0v) is 20.5. The molecule has 0 unspecified atom stereocenters. The van der Waals surface area contributed by atoms with E-state index in [0.29, 0.717) is 27.7 Å². The van der Waals surface area contributed by atoms with Crippen molar-refractivity contribution in [2.24, 2.45) is 0 Å². The van der Waals surface area contributed by atoms with E-state index in [4.69, 9.17) is 16.7 Å². The van der Waals surface area contributed by atoms with Gasteiger partial charge in [0.1, 0.15) is 10.7 Å². The predicted molar refractivity (Wildman–Crippen MR) is 133 cm³/mol. The normalized spacial score (nSPS) is 11.5. The zero-order chi connectivity index (χ0) is 26.0. The molecular weight excluding hydrogens is 511 g/mol. The van der Waals surface area contributed by atoms with Crippen LogP contribution < -0.4 is 10.3 Å². The van der Waals surface area contributed by atoms with Crippen LogP contribution in [0.25, 0.3) is 22.0 Å². The lowest BCUT2D eigenvalue weighted by molar-refractivity contribution is -0.137. The van der Waals surface area contributed by atoms with E-state index in [2.05, 4.69) is 14.7 Å². The van der Waals surface area contributed by atoms with Gasteiger partial charge in [0.25, 0.3) is 15.6 Å². The molecule has 36 heavy (non-hydrogen) atoms. The maximum absolute atomic E-state index is 13.4. The summed E-state index contributed by atoms with van der Waals surface area (Å²) in [5.74, 6) is -1.61. The van der Waals surface area contributed by atoms with Crippen LogP contribution in [-0.4, -0.2) is 34.0 Å². The summed E-state index contributed by atoms with van der Waals surface area (Å²) < 4.78 is 42.9. The SMILES string of the molecule is Cc1ncc(-c2ccc3ncn(CCCC(=O)O)c(=O)c3c2)cc1NS(=O)(=O)c1ccc(F)cc1Cl. The maximum Gasteiger partial charge on any atom is 0.303 e. The smallest absolute Gasteiger partial charge is 0.303 e. The van der Waals surface area contributed by atoms with Gasteiger partial charge in [-0.2, -0.15) is 0 Å². The molecule has 0 amide bonds. The van der Waals surface area contributed by atoms with E-state index in [-0.39, 0.29) is 40.6 Å². The number of carbonyl (C=O) groups is 1. The fourth-order valence-corrected chi connectivity index (χ4v) is 5.23. The van der Waals surface area contributed by atoms with Crippen molar-refractivity contribution in [1.29, 1.82) is 0 Å². The topological polar surface area (TPSA) is 131 Å². The summed E-state index contributed by atoms with van der Waals surface area (Å²) in [5, 5.41) is 8.89. The number of nitrogens with one attached hydrogen (secondary N) is 1. The van der Waals surface area contributed by atoms with Gasteiger partial charge in [-0.25, -0.2) is 17.8 Å². The van der Waals surface area contributed by atoms with E-state index in [1.807, 2.05) is 0 Å². The first-order chi connectivity index (χ1) is 17.0. The maximum atomic E-state index is 13.4. The summed E-state index contributed by atoms with van der Waals surface area (Å²) in [6.07, 6.45) is 3.14. The second kappa shape index (κ2) is 10.0. The van der Waals surface area contributed by atoms with Crippen LogP contribution >= 0.6 is 11.6 Å². The van der Waals surface area contributed by atoms with Gasteiger partial charge in [-0.05, 0) is 55.3 Å². The summed E-state index contributed by atoms with van der Waals surface area (Å²) >= 11 is 5.94. The Hall–Kier alpha value is -3.83. The Bertz CT molecular complexity index is 1660. The number of rotatable bonds is 8. The number of anilines is 1. The quantitative estimate of drug-likeness (QED) is 0.348. The molecule has 4 aromatic rings. The Morgan fingerprint density at radius 2 is 1.92 bits per heavy atom. The highest BCUT2D eigenvalue weighted by atomic mass is 35.5. The molecule has 0 aliphatic rings. The first-order valence-electron chi connectivity index (χ1n) is 10.7. The van der Waals surface area contributed by atoms with Crippen LogP contribution in [0.4, 0.5) is 10.1 Å². The number of hydrogen-bond acceptors (Lipinski definition) is 6. The monoisotopic (exact) mass is 530 g/mol. The van der Waals surface area contributed by atoms with Crippen LogP contribution in [0.1, 0.15) is 18.5 Å². The lowest BCUT2D eigenvalue weighted by Crippen LogP contribution is -2.21. The van der Waals surface area contributed by atoms with Gasteiger partial charge in [0.2, 0.25) is 0 Å². The Morgan fingerprint density at radius 3 is 2.64 bits per heavy atom. The molecule has 0 atom stereocenters. The third-order valence-electron chi connectivity index (χ3n) is 5.46. The Labute approximate surface area is 210 Å². The summed E-state index contributed by atoms with van der Waals surface area (Å²) in [6, 6.07) is 9.57. The third-order valence-corrected chi connectivity index (χ3v) is 7.31. The molecule has 12 heteroatoms. The minimum absolute atomic E-state index is 0.0681. The fraction of sp³-hybridized carbons (Fsp3) is 0.167. The van der Waals surface area contributed by atoms with Crippen molar-refractivity contribution in [3.8, 4) is 11.1 Å². The van der Waals surface area contributed by atoms with Crippen LogP contribution in [0.2, 0.25) is 5.02 Å². The summed E-state index contributed by atoms with van der Waals surface area (Å²) in [7, 11) is -4.14. The summed E-state index contributed by atoms with van der Waals surface area (Å²) in [6.45, 7) is 1.83. The number of halogens is 2. The molecule has 0 spiro atoms. The Balaban J connectivity index is 1.69. The number of aromatic nitrogens is 3. The molecule has 2 aromatic carbocycles. The van der Waals surface area contributed by atoms with Crippen molar-refractivity contribution in [2.45, 2.75) is 31.2 Å². The lowest BCUT2D eigenvalue weighted by Gasteiger charge is -2.13. The van der Waals surface area contributed by atoms with E-state index < -0.39 is 21.8 Å². The largest absolute Gasteiger partial charge is 0.481 e. The minimum atomic E-state index is -4.14. The van der Waals surface area contributed by atoms with Gasteiger partial charge in [-0.3, -0.25) is 23.9 Å². The standard InChI is InChI=1S/C24H20ClFN4O5S/c1-14-21(29-36(34,35)22-7-5-17(26)11-19(22)25)10-16(12-27-14)15-4-6-20-18(9-15)24(33)30(13-28-20)8-2-3-23(31)32/h4-7,9-13,29H,2-3,8H2,1H3,(H,31,32). The molecule has 2 aromatic heterocycles. The Kier molecular flexibility index (Phi) is 7.04. The van der Waals surface area contributed by atoms with Crippen LogP contribution in [0, 0.1) is 12.7 Å². The molecule has 0 bridgehead atoms. The molecule has 0 saturated carbocycles. The molecule has 0 aliphatic heterocycles. The van der Waals surface area contributed by atoms with E-state index in [1.165, 1.54) is 10.9 Å². The van der Waals surface area contributed by atoms with Crippen molar-refractivity contribution in [1.82, 2.24) is 14.5 Å². The summed E-state index contributed by atoms with van der Waals surface area (Å²) in [5.41, 5.74) is 1.85. The van der Waals surface area contributed by atoms with E-state index >= 15 is 0 Å². The van der Waals surface area contributed by atoms with Gasteiger partial charge in [-0.1, -0.05) is 17.7 Å². The summed E-state index contributed by atoms with van der Waals surface area (Å²) in [4.78, 5) is 32.0. The van der Waals surface area contributed by atoms with E-state index in [1.54, 1.807) is 37.4 Å². The molecule has 2 N–H and O–H groups in total. The number of carboxylic acid groups (broad SMARTS) is 1. The lowest BCUT2D eigenvalue weighted by atomic mass is 10.0. The number of benzene rings is 2. The number of hydrogen-bond donors (Lipinski definition) is 2. The van der Waals surface area contributed by atoms with Crippen LogP contribution in [0.15, 0.2) is 64.7 Å². The first kappa shape index (κ1) is 25.3. The third kappa shape index (κ3) is 5.37. The van der Waals surface area contributed by atoms with Crippen LogP contribution in [0.3, 0.4) is 0 Å². The molecule has 0 radical (unpaired) electrons. The van der Waals surface area contributed by atoms with Gasteiger partial charge in [0.15, 0.2) is 0 Å². The number of aryl methyl sites for hydroxylation is 2. The van der Waals surface area contributed by atoms with Crippen molar-refractivity contribution >= 4 is 44.2 Å². The molecule has 9 nitrogen and oxygen atoms in total. The number of fused-ring (bicyclic) bond motifs is 1. The molecule has 2 heterocycles. The van der Waals surface area contributed by atoms with Gasteiger partial charge in [-0.15, -0.1) is 0 Å². The number of sulfonamides is 1. The molecule has 4 rings (SSSR count). The number of aliphatic carboxylic acids is 1. The van der Waals surface area contributed by atoms with Gasteiger partial charge in [0.05, 0.1) is 33.6 Å². The molecule has 0 fully saturated rings. The predicted octanol–water partition coefficient (Wildman–Crippen LogP) is 4.23. The number of pyridine rings is 1. The van der Waals surface area contributed by atoms with Crippen molar-refractivity contribution in [2.75, 3.05) is 4.72 Å². The second-order valence-corrected chi connectivity index (χ2v) is 10.1. The van der Waals surface area contributed by atoms with Gasteiger partial charge in [0, 0.05) is 24.7 Å². The van der Waals surface area contributed by atoms with Gasteiger partial charge >= 0.3 is 5.97 Å². The Morgan fingerprint density at radius 1 is 1.14 bits per heavy atom. The molecular formula is C24H20ClFN4O5S. The molecule has 0 aliphatic carbocycles. The average molecular weight is 531 g/mol. The second-order valence-electron chi connectivity index (χ2n) is 8.01. The van der Waals surface area contributed by atoms with Crippen molar-refractivity contribution in [3.63, 3.8) is 0 Å². The number of nitrogens with zero attached hydrogens (tertiary/aromatic N) is 3. The highest BCUT2D eigenvalue weighted by Gasteiger charge is 2.20. The minimum Gasteiger partial charge on any atom is -0.481 e. The van der Waals surface area contributed by atoms with Crippen LogP contribution in [-0.2, 0) is 21.4 Å². The van der Waals surface area contributed by atoms with E-state index in [9.17, 15) is 22.4 Å².